The first-order valence-electron chi connectivity index (χ1n) is 8.96. The molecule has 2 N–H and O–H groups in total. The first kappa shape index (κ1) is 19.7. The van der Waals surface area contributed by atoms with Gasteiger partial charge in [0.15, 0.2) is 0 Å². The molecule has 138 valence electrons. The van der Waals surface area contributed by atoms with Crippen LogP contribution in [0.4, 0.5) is 0 Å². The van der Waals surface area contributed by atoms with Gasteiger partial charge in [0.2, 0.25) is 11.8 Å². The Morgan fingerprint density at radius 1 is 1.20 bits per heavy atom. The second kappa shape index (κ2) is 9.20. The molecule has 1 atom stereocenters. The molecule has 2 saturated heterocycles. The van der Waals surface area contributed by atoms with Crippen LogP contribution in [0.1, 0.15) is 25.3 Å². The highest BCUT2D eigenvalue weighted by Gasteiger charge is 2.34. The molecule has 6 heteroatoms. The molecular weight excluding hydrogens is 338 g/mol. The molecule has 0 bridgehead atoms. The summed E-state index contributed by atoms with van der Waals surface area (Å²) in [5.74, 6) is 0.962. The van der Waals surface area contributed by atoms with Crippen molar-refractivity contribution in [3.63, 3.8) is 0 Å². The zero-order chi connectivity index (χ0) is 16.9. The van der Waals surface area contributed by atoms with E-state index in [1.807, 2.05) is 42.2 Å². The normalized spacial score (nSPS) is 19.5. The van der Waals surface area contributed by atoms with Crippen LogP contribution in [0.3, 0.4) is 0 Å². The maximum atomic E-state index is 12.5. The van der Waals surface area contributed by atoms with E-state index < -0.39 is 0 Å². The van der Waals surface area contributed by atoms with Gasteiger partial charge in [0.1, 0.15) is 0 Å². The van der Waals surface area contributed by atoms with Crippen molar-refractivity contribution < 1.29 is 9.59 Å². The number of piperidine rings is 1. The molecule has 2 aliphatic rings. The van der Waals surface area contributed by atoms with Gasteiger partial charge in [-0.05, 0) is 37.4 Å². The molecule has 2 heterocycles. The van der Waals surface area contributed by atoms with Crippen LogP contribution in [0.5, 0.6) is 0 Å². The lowest BCUT2D eigenvalue weighted by atomic mass is 9.87. The summed E-state index contributed by atoms with van der Waals surface area (Å²) in [5, 5.41) is 6.25. The van der Waals surface area contributed by atoms with Crippen LogP contribution >= 0.6 is 12.4 Å². The lowest BCUT2D eigenvalue weighted by Crippen LogP contribution is -2.52. The van der Waals surface area contributed by atoms with E-state index in [2.05, 4.69) is 10.6 Å². The number of rotatable bonds is 5. The summed E-state index contributed by atoms with van der Waals surface area (Å²) in [7, 11) is 0. The summed E-state index contributed by atoms with van der Waals surface area (Å²) >= 11 is 0. The predicted molar refractivity (Wildman–Crippen MR) is 100 cm³/mol. The average molecular weight is 366 g/mol. The van der Waals surface area contributed by atoms with Crippen molar-refractivity contribution in [2.75, 3.05) is 26.2 Å². The third-order valence-corrected chi connectivity index (χ3v) is 5.40. The lowest BCUT2D eigenvalue weighted by molar-refractivity contribution is -0.140. The number of likely N-dealkylation sites (tertiary alicyclic amines) is 1. The maximum Gasteiger partial charge on any atom is 0.225 e. The molecule has 0 spiro atoms. The van der Waals surface area contributed by atoms with Crippen LogP contribution in [-0.4, -0.2) is 42.9 Å². The minimum absolute atomic E-state index is 0. The van der Waals surface area contributed by atoms with Crippen LogP contribution in [0, 0.1) is 17.8 Å². The number of hydrogen-bond donors (Lipinski definition) is 2. The summed E-state index contributed by atoms with van der Waals surface area (Å²) in [4.78, 5) is 26.8. The zero-order valence-electron chi connectivity index (χ0n) is 14.7. The Morgan fingerprint density at radius 2 is 1.84 bits per heavy atom. The highest BCUT2D eigenvalue weighted by atomic mass is 35.5. The van der Waals surface area contributed by atoms with Crippen LogP contribution < -0.4 is 10.6 Å². The molecule has 2 aliphatic heterocycles. The molecule has 1 aromatic rings. The second-order valence-electron chi connectivity index (χ2n) is 7.01. The van der Waals surface area contributed by atoms with Crippen LogP contribution in [-0.2, 0) is 16.1 Å². The molecular formula is C19H28ClN3O2. The maximum absolute atomic E-state index is 12.5. The van der Waals surface area contributed by atoms with Crippen molar-refractivity contribution in [3.8, 4) is 0 Å². The molecule has 25 heavy (non-hydrogen) atoms. The van der Waals surface area contributed by atoms with E-state index in [0.717, 1.165) is 31.5 Å². The van der Waals surface area contributed by atoms with Crippen molar-refractivity contribution in [1.29, 1.82) is 0 Å². The van der Waals surface area contributed by atoms with E-state index in [4.69, 9.17) is 0 Å². The summed E-state index contributed by atoms with van der Waals surface area (Å²) < 4.78 is 0. The summed E-state index contributed by atoms with van der Waals surface area (Å²) in [6.45, 7) is 5.91. The predicted octanol–water partition coefficient (Wildman–Crippen LogP) is 1.82. The Labute approximate surface area is 155 Å². The van der Waals surface area contributed by atoms with E-state index in [9.17, 15) is 9.59 Å². The molecule has 0 saturated carbocycles. The third-order valence-electron chi connectivity index (χ3n) is 5.40. The Balaban J connectivity index is 0.00000225. The smallest absolute Gasteiger partial charge is 0.225 e. The van der Waals surface area contributed by atoms with Gasteiger partial charge in [0.25, 0.3) is 0 Å². The van der Waals surface area contributed by atoms with Crippen LogP contribution in [0.15, 0.2) is 30.3 Å². The van der Waals surface area contributed by atoms with Gasteiger partial charge in [-0.15, -0.1) is 12.4 Å². The Kier molecular flexibility index (Phi) is 7.26. The minimum Gasteiger partial charge on any atom is -0.352 e. The van der Waals surface area contributed by atoms with Crippen molar-refractivity contribution >= 4 is 24.2 Å². The Morgan fingerprint density at radius 3 is 2.40 bits per heavy atom. The molecule has 0 radical (unpaired) electrons. The number of carbonyl (C=O) groups excluding carboxylic acids is 2. The van der Waals surface area contributed by atoms with Gasteiger partial charge in [-0.3, -0.25) is 9.59 Å². The molecule has 1 unspecified atom stereocenters. The molecule has 0 aromatic heterocycles. The van der Waals surface area contributed by atoms with E-state index in [0.29, 0.717) is 25.6 Å². The van der Waals surface area contributed by atoms with Gasteiger partial charge in [-0.25, -0.2) is 0 Å². The SMILES string of the molecule is CC(C(=O)N1CCC(C(=O)NCc2ccccc2)CC1)C1CNC1.Cl. The minimum atomic E-state index is 0. The first-order chi connectivity index (χ1) is 11.6. The van der Waals surface area contributed by atoms with Gasteiger partial charge in [0, 0.05) is 31.5 Å². The Hall–Kier alpha value is -1.59. The topological polar surface area (TPSA) is 61.4 Å². The van der Waals surface area contributed by atoms with E-state index in [1.165, 1.54) is 0 Å². The zero-order valence-corrected chi connectivity index (χ0v) is 15.6. The molecule has 3 rings (SSSR count). The van der Waals surface area contributed by atoms with E-state index in [1.54, 1.807) is 0 Å². The Bertz CT molecular complexity index is 569. The molecule has 2 fully saturated rings. The highest BCUT2D eigenvalue weighted by Crippen LogP contribution is 2.23. The van der Waals surface area contributed by atoms with Crippen LogP contribution in [0.2, 0.25) is 0 Å². The fraction of sp³-hybridized carbons (Fsp3) is 0.579. The van der Waals surface area contributed by atoms with Gasteiger partial charge < -0.3 is 15.5 Å². The molecule has 1 aromatic carbocycles. The fourth-order valence-electron chi connectivity index (χ4n) is 3.45. The number of nitrogens with one attached hydrogen (secondary N) is 2. The number of halogens is 1. The van der Waals surface area contributed by atoms with Crippen molar-refractivity contribution in [2.24, 2.45) is 17.8 Å². The lowest BCUT2D eigenvalue weighted by Gasteiger charge is -2.37. The standard InChI is InChI=1S/C19H27N3O2.ClH/c1-14(17-12-20-13-17)19(24)22-9-7-16(8-10-22)18(23)21-11-15-5-3-2-4-6-15;/h2-6,14,16-17,20H,7-13H2,1H3,(H,21,23);1H. The van der Waals surface area contributed by atoms with Gasteiger partial charge in [-0.2, -0.15) is 0 Å². The summed E-state index contributed by atoms with van der Waals surface area (Å²) in [5.41, 5.74) is 1.11. The van der Waals surface area contributed by atoms with E-state index >= 15 is 0 Å². The number of carbonyl (C=O) groups is 2. The molecule has 5 nitrogen and oxygen atoms in total. The van der Waals surface area contributed by atoms with Gasteiger partial charge in [0.05, 0.1) is 0 Å². The molecule has 0 aliphatic carbocycles. The fourth-order valence-corrected chi connectivity index (χ4v) is 3.45. The van der Waals surface area contributed by atoms with Crippen molar-refractivity contribution in [3.05, 3.63) is 35.9 Å². The third kappa shape index (κ3) is 4.95. The van der Waals surface area contributed by atoms with Crippen LogP contribution in [0.25, 0.3) is 0 Å². The van der Waals surface area contributed by atoms with Gasteiger partial charge >= 0.3 is 0 Å². The highest BCUT2D eigenvalue weighted by molar-refractivity contribution is 5.85. The van der Waals surface area contributed by atoms with Crippen molar-refractivity contribution in [2.45, 2.75) is 26.3 Å². The largest absolute Gasteiger partial charge is 0.352 e. The quantitative estimate of drug-likeness (QED) is 0.836. The monoisotopic (exact) mass is 365 g/mol. The number of hydrogen-bond acceptors (Lipinski definition) is 3. The second-order valence-corrected chi connectivity index (χ2v) is 7.01. The number of nitrogens with zero attached hydrogens (tertiary/aromatic N) is 1. The van der Waals surface area contributed by atoms with Gasteiger partial charge in [-0.1, -0.05) is 37.3 Å². The number of benzene rings is 1. The summed E-state index contributed by atoms with van der Waals surface area (Å²) in [6, 6.07) is 9.95. The number of amides is 2. The first-order valence-corrected chi connectivity index (χ1v) is 8.96. The average Bonchev–Trinajstić information content (AvgIpc) is 2.58. The van der Waals surface area contributed by atoms with Crippen molar-refractivity contribution in [1.82, 2.24) is 15.5 Å². The molecule has 2 amide bonds. The summed E-state index contributed by atoms with van der Waals surface area (Å²) in [6.07, 6.45) is 1.53. The van der Waals surface area contributed by atoms with E-state index in [-0.39, 0.29) is 36.1 Å².